The third-order valence-electron chi connectivity index (χ3n) is 3.87. The first-order chi connectivity index (χ1) is 13.6. The second-order valence-electron chi connectivity index (χ2n) is 5.71. The molecular weight excluding hydrogens is 396 g/mol. The van der Waals surface area contributed by atoms with Gasteiger partial charge in [0.1, 0.15) is 11.7 Å². The largest absolute Gasteiger partial charge is 0.422 e. The molecule has 0 spiro atoms. The van der Waals surface area contributed by atoms with Crippen molar-refractivity contribution < 1.29 is 4.42 Å². The van der Waals surface area contributed by atoms with Gasteiger partial charge >= 0.3 is 5.63 Å². The zero-order chi connectivity index (χ0) is 19.5. The lowest BCUT2D eigenvalue weighted by Gasteiger charge is -2.00. The third-order valence-corrected chi connectivity index (χ3v) is 4.97. The quantitative estimate of drug-likeness (QED) is 0.295. The predicted molar refractivity (Wildman–Crippen MR) is 111 cm³/mol. The van der Waals surface area contributed by atoms with Crippen LogP contribution in [0.5, 0.6) is 0 Å². The van der Waals surface area contributed by atoms with E-state index in [2.05, 4.69) is 15.5 Å². The molecule has 0 saturated carbocycles. The zero-order valence-electron chi connectivity index (χ0n) is 14.2. The summed E-state index contributed by atoms with van der Waals surface area (Å²) >= 11 is 7.07. The first-order valence-electron chi connectivity index (χ1n) is 8.12. The molecule has 0 radical (unpaired) electrons. The first-order valence-corrected chi connectivity index (χ1v) is 9.38. The SMILES string of the molecule is N#C/C(=N/Nc1ccc(Cl)cc1)c1nc(-c2cc3ccccc3oc2=O)cs1. The molecule has 6 nitrogen and oxygen atoms in total. The summed E-state index contributed by atoms with van der Waals surface area (Å²) < 4.78 is 5.35. The number of aromatic nitrogens is 1. The van der Waals surface area contributed by atoms with Crippen LogP contribution in [0.1, 0.15) is 5.01 Å². The monoisotopic (exact) mass is 406 g/mol. The Hall–Kier alpha value is -3.47. The highest BCUT2D eigenvalue weighted by Crippen LogP contribution is 2.23. The van der Waals surface area contributed by atoms with Gasteiger partial charge in [0, 0.05) is 15.8 Å². The van der Waals surface area contributed by atoms with E-state index in [0.29, 0.717) is 32.6 Å². The van der Waals surface area contributed by atoms with Crippen LogP contribution in [0.25, 0.3) is 22.2 Å². The molecule has 0 aliphatic carbocycles. The van der Waals surface area contributed by atoms with E-state index in [1.165, 1.54) is 11.3 Å². The van der Waals surface area contributed by atoms with Crippen LogP contribution >= 0.6 is 22.9 Å². The number of anilines is 1. The minimum Gasteiger partial charge on any atom is -0.422 e. The Kier molecular flexibility index (Phi) is 4.89. The van der Waals surface area contributed by atoms with Crippen molar-refractivity contribution in [3.8, 4) is 17.3 Å². The lowest BCUT2D eigenvalue weighted by atomic mass is 10.1. The molecule has 0 atom stereocenters. The van der Waals surface area contributed by atoms with E-state index in [-0.39, 0.29) is 5.71 Å². The number of para-hydroxylation sites is 1. The van der Waals surface area contributed by atoms with E-state index >= 15 is 0 Å². The number of thiazole rings is 1. The Labute approximate surface area is 168 Å². The number of rotatable bonds is 4. The minimum absolute atomic E-state index is 0.108. The van der Waals surface area contributed by atoms with Crippen LogP contribution in [0, 0.1) is 11.3 Å². The number of hydrazone groups is 1. The highest BCUT2D eigenvalue weighted by Gasteiger charge is 2.14. The summed E-state index contributed by atoms with van der Waals surface area (Å²) in [5.41, 5.74) is 4.40. The van der Waals surface area contributed by atoms with E-state index in [4.69, 9.17) is 16.0 Å². The molecule has 1 N–H and O–H groups in total. The van der Waals surface area contributed by atoms with Gasteiger partial charge in [0.2, 0.25) is 0 Å². The van der Waals surface area contributed by atoms with Gasteiger partial charge in [-0.2, -0.15) is 10.4 Å². The number of benzene rings is 2. The van der Waals surface area contributed by atoms with Crippen molar-refractivity contribution in [2.75, 3.05) is 5.43 Å². The summed E-state index contributed by atoms with van der Waals surface area (Å²) in [7, 11) is 0. The molecule has 0 unspecified atom stereocenters. The van der Waals surface area contributed by atoms with Gasteiger partial charge in [-0.25, -0.2) is 9.78 Å². The van der Waals surface area contributed by atoms with Crippen molar-refractivity contribution in [2.45, 2.75) is 0 Å². The lowest BCUT2D eigenvalue weighted by Crippen LogP contribution is -2.04. The van der Waals surface area contributed by atoms with E-state index in [1.807, 2.05) is 18.2 Å². The smallest absolute Gasteiger partial charge is 0.345 e. The predicted octanol–water partition coefficient (Wildman–Crippen LogP) is 4.91. The summed E-state index contributed by atoms with van der Waals surface area (Å²) in [5.74, 6) is 0. The van der Waals surface area contributed by atoms with Crippen LogP contribution in [-0.2, 0) is 0 Å². The normalized spacial score (nSPS) is 11.4. The van der Waals surface area contributed by atoms with Gasteiger partial charge < -0.3 is 4.42 Å². The van der Waals surface area contributed by atoms with Gasteiger partial charge in [-0.05, 0) is 36.4 Å². The van der Waals surface area contributed by atoms with Crippen molar-refractivity contribution in [3.05, 3.63) is 80.4 Å². The summed E-state index contributed by atoms with van der Waals surface area (Å²) in [6, 6.07) is 17.9. The summed E-state index contributed by atoms with van der Waals surface area (Å²) in [4.78, 5) is 16.7. The van der Waals surface area contributed by atoms with Crippen molar-refractivity contribution in [2.24, 2.45) is 5.10 Å². The molecule has 0 bridgehead atoms. The molecule has 0 aliphatic rings. The third kappa shape index (κ3) is 3.64. The number of nitrogens with one attached hydrogen (secondary N) is 1. The molecule has 2 aromatic carbocycles. The van der Waals surface area contributed by atoms with Crippen molar-refractivity contribution >= 4 is 45.3 Å². The highest BCUT2D eigenvalue weighted by molar-refractivity contribution is 7.12. The fourth-order valence-corrected chi connectivity index (χ4v) is 3.40. The summed E-state index contributed by atoms with van der Waals surface area (Å²) in [5, 5.41) is 17.0. The van der Waals surface area contributed by atoms with E-state index in [1.54, 1.807) is 47.8 Å². The maximum Gasteiger partial charge on any atom is 0.345 e. The van der Waals surface area contributed by atoms with Gasteiger partial charge in [0.05, 0.1) is 16.9 Å². The second-order valence-corrected chi connectivity index (χ2v) is 7.01. The average Bonchev–Trinajstić information content (AvgIpc) is 3.19. The molecule has 4 rings (SSSR count). The fourth-order valence-electron chi connectivity index (χ4n) is 2.51. The standard InChI is InChI=1S/C20H11ClN4O2S/c21-13-5-7-14(8-6-13)24-25-16(10-22)19-23-17(11-28-19)15-9-12-3-1-2-4-18(12)27-20(15)26/h1-9,11,24H/b25-16-. The van der Waals surface area contributed by atoms with Gasteiger partial charge in [-0.1, -0.05) is 29.8 Å². The lowest BCUT2D eigenvalue weighted by molar-refractivity contribution is 0.563. The number of hydrogen-bond acceptors (Lipinski definition) is 7. The van der Waals surface area contributed by atoms with Crippen molar-refractivity contribution in [1.82, 2.24) is 4.98 Å². The minimum atomic E-state index is -0.481. The number of fused-ring (bicyclic) bond motifs is 1. The van der Waals surface area contributed by atoms with Gasteiger partial charge in [0.15, 0.2) is 10.7 Å². The average molecular weight is 407 g/mol. The molecule has 0 amide bonds. The maximum absolute atomic E-state index is 12.3. The molecule has 8 heteroatoms. The van der Waals surface area contributed by atoms with Crippen LogP contribution < -0.4 is 11.1 Å². The molecule has 28 heavy (non-hydrogen) atoms. The molecular formula is C20H11ClN4O2S. The Balaban J connectivity index is 1.65. The van der Waals surface area contributed by atoms with E-state index in [9.17, 15) is 10.1 Å². The topological polar surface area (TPSA) is 91.3 Å². The van der Waals surface area contributed by atoms with Crippen molar-refractivity contribution in [3.63, 3.8) is 0 Å². The van der Waals surface area contributed by atoms with Crippen LogP contribution in [0.2, 0.25) is 5.02 Å². The Morgan fingerprint density at radius 2 is 2.00 bits per heavy atom. The second kappa shape index (κ2) is 7.64. The summed E-state index contributed by atoms with van der Waals surface area (Å²) in [6.45, 7) is 0. The van der Waals surface area contributed by atoms with Crippen LogP contribution in [0.4, 0.5) is 5.69 Å². The Bertz CT molecular complexity index is 1290. The molecule has 2 heterocycles. The highest BCUT2D eigenvalue weighted by atomic mass is 35.5. The Morgan fingerprint density at radius 1 is 1.21 bits per heavy atom. The fraction of sp³-hybridized carbons (Fsp3) is 0. The summed E-state index contributed by atoms with van der Waals surface area (Å²) in [6.07, 6.45) is 0. The van der Waals surface area contributed by atoms with Crippen LogP contribution in [-0.4, -0.2) is 10.7 Å². The maximum atomic E-state index is 12.3. The molecule has 0 aliphatic heterocycles. The first kappa shape index (κ1) is 17.9. The number of nitriles is 1. The van der Waals surface area contributed by atoms with E-state index in [0.717, 1.165) is 5.39 Å². The molecule has 0 saturated heterocycles. The number of nitrogens with zero attached hydrogens (tertiary/aromatic N) is 3. The van der Waals surface area contributed by atoms with Gasteiger partial charge in [-0.3, -0.25) is 5.43 Å². The Morgan fingerprint density at radius 3 is 2.79 bits per heavy atom. The molecule has 2 aromatic heterocycles. The van der Waals surface area contributed by atoms with E-state index < -0.39 is 5.63 Å². The van der Waals surface area contributed by atoms with Gasteiger partial charge in [0.25, 0.3) is 0 Å². The number of hydrogen-bond donors (Lipinski definition) is 1. The molecule has 136 valence electrons. The zero-order valence-corrected chi connectivity index (χ0v) is 15.8. The molecule has 4 aromatic rings. The van der Waals surface area contributed by atoms with Crippen LogP contribution in [0.15, 0.2) is 74.3 Å². The molecule has 0 fully saturated rings. The van der Waals surface area contributed by atoms with Crippen LogP contribution in [0.3, 0.4) is 0 Å². The van der Waals surface area contributed by atoms with Crippen molar-refractivity contribution in [1.29, 1.82) is 5.26 Å². The van der Waals surface area contributed by atoms with Gasteiger partial charge in [-0.15, -0.1) is 11.3 Å². The number of halogens is 1.